The molecule has 128 valence electrons. The van der Waals surface area contributed by atoms with Crippen LogP contribution in [0.25, 0.3) is 0 Å². The first-order chi connectivity index (χ1) is 10.9. The SMILES string of the molecule is CCN1C(=NC)NC(N)(C2CCCC2)c2nc(C(C)C)n(C)c21. The van der Waals surface area contributed by atoms with Crippen molar-refractivity contribution >= 4 is 11.8 Å². The summed E-state index contributed by atoms with van der Waals surface area (Å²) in [5, 5.41) is 3.54. The van der Waals surface area contributed by atoms with Crippen LogP contribution in [0.5, 0.6) is 0 Å². The molecule has 0 amide bonds. The third-order valence-corrected chi connectivity index (χ3v) is 5.36. The van der Waals surface area contributed by atoms with E-state index in [9.17, 15) is 0 Å². The number of guanidine groups is 1. The molecule has 0 bridgehead atoms. The fourth-order valence-electron chi connectivity index (χ4n) is 4.17. The normalized spacial score (nSPS) is 26.9. The molecule has 6 nitrogen and oxygen atoms in total. The predicted octanol–water partition coefficient (Wildman–Crippen LogP) is 2.26. The van der Waals surface area contributed by atoms with Gasteiger partial charge in [0.05, 0.1) is 0 Å². The number of aliphatic imine (C=N–C) groups is 1. The summed E-state index contributed by atoms with van der Waals surface area (Å²) in [6.07, 6.45) is 4.81. The lowest BCUT2D eigenvalue weighted by molar-refractivity contribution is 0.242. The third-order valence-electron chi connectivity index (χ3n) is 5.36. The fraction of sp³-hybridized carbons (Fsp3) is 0.765. The number of hydrogen-bond donors (Lipinski definition) is 2. The van der Waals surface area contributed by atoms with Crippen molar-refractivity contribution in [1.29, 1.82) is 0 Å². The van der Waals surface area contributed by atoms with E-state index in [4.69, 9.17) is 10.7 Å². The molecule has 0 aromatic carbocycles. The van der Waals surface area contributed by atoms with Crippen LogP contribution in [0.2, 0.25) is 0 Å². The van der Waals surface area contributed by atoms with Crippen molar-refractivity contribution in [3.8, 4) is 0 Å². The van der Waals surface area contributed by atoms with Crippen LogP contribution in [0, 0.1) is 5.92 Å². The Morgan fingerprint density at radius 3 is 2.57 bits per heavy atom. The molecule has 3 rings (SSSR count). The van der Waals surface area contributed by atoms with Crippen LogP contribution in [0.4, 0.5) is 5.82 Å². The Morgan fingerprint density at radius 1 is 1.39 bits per heavy atom. The van der Waals surface area contributed by atoms with Gasteiger partial charge in [-0.15, -0.1) is 0 Å². The van der Waals surface area contributed by atoms with Crippen molar-refractivity contribution in [2.75, 3.05) is 18.5 Å². The van der Waals surface area contributed by atoms with Crippen LogP contribution in [0.15, 0.2) is 4.99 Å². The van der Waals surface area contributed by atoms with E-state index in [2.05, 4.69) is 47.6 Å². The van der Waals surface area contributed by atoms with Gasteiger partial charge in [-0.05, 0) is 19.8 Å². The number of nitrogens with two attached hydrogens (primary N) is 1. The Hall–Kier alpha value is -1.56. The first kappa shape index (κ1) is 16.3. The number of imidazole rings is 1. The zero-order valence-corrected chi connectivity index (χ0v) is 15.1. The largest absolute Gasteiger partial charge is 0.332 e. The van der Waals surface area contributed by atoms with Crippen LogP contribution >= 0.6 is 0 Å². The van der Waals surface area contributed by atoms with E-state index < -0.39 is 5.66 Å². The molecule has 1 aromatic heterocycles. The molecule has 23 heavy (non-hydrogen) atoms. The highest BCUT2D eigenvalue weighted by Crippen LogP contribution is 2.43. The Labute approximate surface area is 139 Å². The summed E-state index contributed by atoms with van der Waals surface area (Å²) < 4.78 is 2.20. The highest BCUT2D eigenvalue weighted by atomic mass is 15.4. The Balaban J connectivity index is 2.20. The zero-order chi connectivity index (χ0) is 16.8. The molecule has 0 saturated heterocycles. The Morgan fingerprint density at radius 2 is 2.04 bits per heavy atom. The number of rotatable bonds is 3. The first-order valence-electron chi connectivity index (χ1n) is 8.82. The predicted molar refractivity (Wildman–Crippen MR) is 94.6 cm³/mol. The van der Waals surface area contributed by atoms with E-state index in [1.807, 2.05) is 7.05 Å². The fourth-order valence-corrected chi connectivity index (χ4v) is 4.17. The molecule has 1 fully saturated rings. The number of anilines is 1. The molecule has 1 aliphatic carbocycles. The van der Waals surface area contributed by atoms with Crippen molar-refractivity contribution in [3.63, 3.8) is 0 Å². The zero-order valence-electron chi connectivity index (χ0n) is 15.1. The monoisotopic (exact) mass is 318 g/mol. The van der Waals surface area contributed by atoms with Crippen molar-refractivity contribution in [2.24, 2.45) is 23.7 Å². The lowest BCUT2D eigenvalue weighted by atomic mass is 9.87. The van der Waals surface area contributed by atoms with Gasteiger partial charge in [-0.1, -0.05) is 26.7 Å². The molecule has 1 saturated carbocycles. The molecule has 6 heteroatoms. The molecule has 1 unspecified atom stereocenters. The lowest BCUT2D eigenvalue weighted by Gasteiger charge is -2.44. The second-order valence-corrected chi connectivity index (χ2v) is 7.12. The van der Waals surface area contributed by atoms with E-state index in [0.717, 1.165) is 42.7 Å². The van der Waals surface area contributed by atoms with E-state index in [1.165, 1.54) is 12.8 Å². The highest BCUT2D eigenvalue weighted by Gasteiger charge is 2.48. The summed E-state index contributed by atoms with van der Waals surface area (Å²) in [4.78, 5) is 11.7. The van der Waals surface area contributed by atoms with Crippen LogP contribution in [0.1, 0.15) is 63.9 Å². The van der Waals surface area contributed by atoms with E-state index >= 15 is 0 Å². The summed E-state index contributed by atoms with van der Waals surface area (Å²) in [5.74, 6) is 3.81. The maximum Gasteiger partial charge on any atom is 0.201 e. The smallest absolute Gasteiger partial charge is 0.201 e. The van der Waals surface area contributed by atoms with E-state index in [1.54, 1.807) is 0 Å². The molecule has 2 aliphatic rings. The van der Waals surface area contributed by atoms with E-state index in [-0.39, 0.29) is 0 Å². The number of nitrogens with zero attached hydrogens (tertiary/aromatic N) is 4. The van der Waals surface area contributed by atoms with Crippen LogP contribution in [0.3, 0.4) is 0 Å². The van der Waals surface area contributed by atoms with Gasteiger partial charge in [0.1, 0.15) is 23.0 Å². The molecular formula is C17H30N6. The molecule has 0 radical (unpaired) electrons. The standard InChI is InChI=1S/C17H30N6/c1-6-23-15-13(20-14(11(2)3)22(15)5)17(18,21-16(23)19-4)12-9-7-8-10-12/h11-12H,6-10,18H2,1-5H3,(H,19,21). The maximum absolute atomic E-state index is 6.95. The van der Waals surface area contributed by atoms with Gasteiger partial charge >= 0.3 is 0 Å². The van der Waals surface area contributed by atoms with Gasteiger partial charge in [0.15, 0.2) is 0 Å². The van der Waals surface area contributed by atoms with Gasteiger partial charge in [-0.3, -0.25) is 9.89 Å². The topological polar surface area (TPSA) is 71.5 Å². The summed E-state index contributed by atoms with van der Waals surface area (Å²) in [5.41, 5.74) is 7.32. The maximum atomic E-state index is 6.95. The van der Waals surface area contributed by atoms with Gasteiger partial charge in [-0.2, -0.15) is 0 Å². The van der Waals surface area contributed by atoms with Crippen LogP contribution in [-0.2, 0) is 12.7 Å². The minimum absolute atomic E-state index is 0.360. The van der Waals surface area contributed by atoms with Crippen molar-refractivity contribution in [2.45, 2.75) is 58.0 Å². The lowest BCUT2D eigenvalue weighted by Crippen LogP contribution is -2.65. The van der Waals surface area contributed by atoms with Gasteiger partial charge in [0, 0.05) is 32.5 Å². The molecule has 1 atom stereocenters. The number of hydrogen-bond acceptors (Lipinski definition) is 3. The molecule has 1 aromatic rings. The minimum Gasteiger partial charge on any atom is -0.332 e. The average molecular weight is 318 g/mol. The molecule has 2 heterocycles. The van der Waals surface area contributed by atoms with Crippen molar-refractivity contribution in [3.05, 3.63) is 11.5 Å². The second kappa shape index (κ2) is 5.82. The minimum atomic E-state index is -0.614. The molecule has 0 spiro atoms. The number of nitrogens with one attached hydrogen (secondary N) is 1. The Bertz CT molecular complexity index is 611. The van der Waals surface area contributed by atoms with Gasteiger partial charge < -0.3 is 15.6 Å². The van der Waals surface area contributed by atoms with Gasteiger partial charge in [0.2, 0.25) is 5.96 Å². The number of fused-ring (bicyclic) bond motifs is 1. The second-order valence-electron chi connectivity index (χ2n) is 7.12. The summed E-state index contributed by atoms with van der Waals surface area (Å²) in [6, 6.07) is 0. The van der Waals surface area contributed by atoms with Crippen LogP contribution in [-0.4, -0.2) is 29.1 Å². The molecule has 3 N–H and O–H groups in total. The average Bonchev–Trinajstić information content (AvgIpc) is 3.16. The number of aromatic nitrogens is 2. The van der Waals surface area contributed by atoms with Crippen LogP contribution < -0.4 is 16.0 Å². The van der Waals surface area contributed by atoms with E-state index in [0.29, 0.717) is 11.8 Å². The Kier molecular flexibility index (Phi) is 4.12. The summed E-state index contributed by atoms with van der Waals surface area (Å²) in [6.45, 7) is 7.34. The van der Waals surface area contributed by atoms with Crippen molar-refractivity contribution in [1.82, 2.24) is 14.9 Å². The third kappa shape index (κ3) is 2.35. The summed E-state index contributed by atoms with van der Waals surface area (Å²) in [7, 11) is 3.92. The van der Waals surface area contributed by atoms with Gasteiger partial charge in [0.25, 0.3) is 0 Å². The molecule has 1 aliphatic heterocycles. The summed E-state index contributed by atoms with van der Waals surface area (Å²) >= 11 is 0. The van der Waals surface area contributed by atoms with Crippen molar-refractivity contribution < 1.29 is 0 Å². The van der Waals surface area contributed by atoms with Gasteiger partial charge in [-0.25, -0.2) is 4.98 Å². The molecular weight excluding hydrogens is 288 g/mol. The highest BCUT2D eigenvalue weighted by molar-refractivity contribution is 5.98. The quantitative estimate of drug-likeness (QED) is 0.897. The first-order valence-corrected chi connectivity index (χ1v) is 8.82.